The van der Waals surface area contributed by atoms with Crippen LogP contribution in [0.3, 0.4) is 0 Å². The molecule has 0 fully saturated rings. The second-order valence-corrected chi connectivity index (χ2v) is 5.82. The maximum atomic E-state index is 4.69. The molecule has 24 heavy (non-hydrogen) atoms. The van der Waals surface area contributed by atoms with Gasteiger partial charge < -0.3 is 15.2 Å². The Hall–Kier alpha value is -1.57. The van der Waals surface area contributed by atoms with Crippen molar-refractivity contribution in [3.63, 3.8) is 0 Å². The molecular formula is C18H26IN5. The van der Waals surface area contributed by atoms with Crippen LogP contribution in [0.15, 0.2) is 47.7 Å². The van der Waals surface area contributed by atoms with Crippen molar-refractivity contribution in [2.45, 2.75) is 38.8 Å². The Bertz CT molecular complexity index is 684. The lowest BCUT2D eigenvalue weighted by atomic mass is 10.2. The van der Waals surface area contributed by atoms with E-state index in [4.69, 9.17) is 0 Å². The van der Waals surface area contributed by atoms with Gasteiger partial charge in [0.2, 0.25) is 0 Å². The molecule has 5 nitrogen and oxygen atoms in total. The molecule has 0 bridgehead atoms. The fourth-order valence-electron chi connectivity index (χ4n) is 2.87. The monoisotopic (exact) mass is 439 g/mol. The summed E-state index contributed by atoms with van der Waals surface area (Å²) in [4.78, 5) is 9.12. The summed E-state index contributed by atoms with van der Waals surface area (Å²) in [6, 6.07) is 8.74. The molecule has 0 unspecified atom stereocenters. The fourth-order valence-corrected chi connectivity index (χ4v) is 2.87. The lowest BCUT2D eigenvalue weighted by Gasteiger charge is -2.16. The van der Waals surface area contributed by atoms with Gasteiger partial charge in [0, 0.05) is 25.7 Å². The van der Waals surface area contributed by atoms with Gasteiger partial charge in [-0.3, -0.25) is 4.99 Å². The lowest BCUT2D eigenvalue weighted by molar-refractivity contribution is 0.625. The minimum absolute atomic E-state index is 0. The predicted octanol–water partition coefficient (Wildman–Crippen LogP) is 3.32. The molecule has 1 aromatic heterocycles. The summed E-state index contributed by atoms with van der Waals surface area (Å²) in [5.41, 5.74) is 2.25. The summed E-state index contributed by atoms with van der Waals surface area (Å²) in [6.07, 6.45) is 9.55. The first-order chi connectivity index (χ1) is 11.4. The number of halogens is 1. The number of guanidine groups is 1. The van der Waals surface area contributed by atoms with Gasteiger partial charge in [0.15, 0.2) is 5.96 Å². The number of aliphatic imine (C=N–C) groups is 1. The summed E-state index contributed by atoms with van der Waals surface area (Å²) in [5.74, 6) is 0.927. The largest absolute Gasteiger partial charge is 0.357 e. The van der Waals surface area contributed by atoms with E-state index in [-0.39, 0.29) is 24.0 Å². The Balaban J connectivity index is 0.00000208. The Morgan fingerprint density at radius 3 is 2.88 bits per heavy atom. The number of nitrogens with one attached hydrogen (secondary N) is 2. The molecule has 0 saturated heterocycles. The van der Waals surface area contributed by atoms with E-state index in [1.165, 1.54) is 5.52 Å². The number of aromatic nitrogens is 2. The highest BCUT2D eigenvalue weighted by Gasteiger charge is 2.11. The van der Waals surface area contributed by atoms with Gasteiger partial charge in [-0.05, 0) is 38.3 Å². The van der Waals surface area contributed by atoms with Gasteiger partial charge in [-0.15, -0.1) is 24.0 Å². The van der Waals surface area contributed by atoms with Gasteiger partial charge in [0.05, 0.1) is 17.4 Å². The number of hydrogen-bond donors (Lipinski definition) is 2. The third-order valence-corrected chi connectivity index (χ3v) is 4.05. The standard InChI is InChI=1S/C18H25N5.HI/c1-2-19-18(22-15-8-3-4-9-15)20-12-7-13-23-14-21-16-10-5-6-11-17(16)23;/h3-6,10-11,14-15H,2,7-9,12-13H2,1H3,(H2,19,20,22);1H. The number of aryl methyl sites for hydroxylation is 1. The van der Waals surface area contributed by atoms with Crippen molar-refractivity contribution < 1.29 is 0 Å². The Labute approximate surface area is 160 Å². The zero-order valence-corrected chi connectivity index (χ0v) is 16.4. The molecule has 2 aromatic rings. The molecule has 1 aliphatic carbocycles. The zero-order chi connectivity index (χ0) is 15.9. The predicted molar refractivity (Wildman–Crippen MR) is 111 cm³/mol. The van der Waals surface area contributed by atoms with E-state index in [0.29, 0.717) is 6.04 Å². The van der Waals surface area contributed by atoms with Gasteiger partial charge in [0.25, 0.3) is 0 Å². The fraction of sp³-hybridized carbons (Fsp3) is 0.444. The van der Waals surface area contributed by atoms with Crippen LogP contribution >= 0.6 is 24.0 Å². The van der Waals surface area contributed by atoms with Crippen LogP contribution in [0.25, 0.3) is 11.0 Å². The lowest BCUT2D eigenvalue weighted by Crippen LogP contribution is -2.42. The topological polar surface area (TPSA) is 54.2 Å². The van der Waals surface area contributed by atoms with E-state index in [0.717, 1.165) is 50.4 Å². The maximum Gasteiger partial charge on any atom is 0.191 e. The molecule has 1 heterocycles. The van der Waals surface area contributed by atoms with E-state index >= 15 is 0 Å². The third-order valence-electron chi connectivity index (χ3n) is 4.05. The Morgan fingerprint density at radius 1 is 1.29 bits per heavy atom. The highest BCUT2D eigenvalue weighted by Crippen LogP contribution is 2.12. The van der Waals surface area contributed by atoms with Crippen molar-refractivity contribution in [2.24, 2.45) is 4.99 Å². The van der Waals surface area contributed by atoms with E-state index in [1.54, 1.807) is 0 Å². The first-order valence-corrected chi connectivity index (χ1v) is 8.46. The van der Waals surface area contributed by atoms with E-state index < -0.39 is 0 Å². The molecule has 1 aliphatic rings. The number of rotatable bonds is 6. The number of para-hydroxylation sites is 2. The van der Waals surface area contributed by atoms with Crippen molar-refractivity contribution in [3.8, 4) is 0 Å². The average molecular weight is 439 g/mol. The first-order valence-electron chi connectivity index (χ1n) is 8.46. The number of fused-ring (bicyclic) bond motifs is 1. The van der Waals surface area contributed by atoms with E-state index in [9.17, 15) is 0 Å². The summed E-state index contributed by atoms with van der Waals surface area (Å²) >= 11 is 0. The van der Waals surface area contributed by atoms with Crippen LogP contribution in [0.1, 0.15) is 26.2 Å². The maximum absolute atomic E-state index is 4.69. The van der Waals surface area contributed by atoms with Crippen molar-refractivity contribution in [1.29, 1.82) is 0 Å². The van der Waals surface area contributed by atoms with Crippen LogP contribution in [-0.2, 0) is 6.54 Å². The molecule has 2 N–H and O–H groups in total. The quantitative estimate of drug-likeness (QED) is 0.239. The van der Waals surface area contributed by atoms with Crippen molar-refractivity contribution in [3.05, 3.63) is 42.7 Å². The summed E-state index contributed by atoms with van der Waals surface area (Å²) < 4.78 is 2.20. The number of imidazole rings is 1. The van der Waals surface area contributed by atoms with Gasteiger partial charge in [-0.25, -0.2) is 4.98 Å². The molecule has 130 valence electrons. The molecule has 0 spiro atoms. The van der Waals surface area contributed by atoms with Crippen LogP contribution in [-0.4, -0.2) is 34.6 Å². The Morgan fingerprint density at radius 2 is 2.08 bits per heavy atom. The molecule has 0 amide bonds. The summed E-state index contributed by atoms with van der Waals surface area (Å²) in [7, 11) is 0. The molecule has 0 aliphatic heterocycles. The zero-order valence-electron chi connectivity index (χ0n) is 14.1. The molecule has 6 heteroatoms. The molecule has 0 radical (unpaired) electrons. The van der Waals surface area contributed by atoms with E-state index in [1.807, 2.05) is 18.5 Å². The van der Waals surface area contributed by atoms with Gasteiger partial charge >= 0.3 is 0 Å². The SMILES string of the molecule is CCNC(=NCCCn1cnc2ccccc21)NC1CC=CC1.I. The van der Waals surface area contributed by atoms with Gasteiger partial charge in [-0.2, -0.15) is 0 Å². The van der Waals surface area contributed by atoms with Crippen molar-refractivity contribution in [1.82, 2.24) is 20.2 Å². The van der Waals surface area contributed by atoms with Crippen LogP contribution in [0.5, 0.6) is 0 Å². The third kappa shape index (κ3) is 4.96. The molecule has 1 aromatic carbocycles. The summed E-state index contributed by atoms with van der Waals surface area (Å²) in [6.45, 7) is 4.73. The minimum Gasteiger partial charge on any atom is -0.357 e. The molecule has 0 saturated carbocycles. The second-order valence-electron chi connectivity index (χ2n) is 5.82. The first kappa shape index (κ1) is 18.8. The van der Waals surface area contributed by atoms with Crippen LogP contribution in [0.2, 0.25) is 0 Å². The Kier molecular flexibility index (Phi) is 7.55. The van der Waals surface area contributed by atoms with E-state index in [2.05, 4.69) is 56.4 Å². The number of hydrogen-bond acceptors (Lipinski definition) is 2. The summed E-state index contributed by atoms with van der Waals surface area (Å²) in [5, 5.41) is 6.82. The van der Waals surface area contributed by atoms with Gasteiger partial charge in [0.1, 0.15) is 0 Å². The number of nitrogens with zero attached hydrogens (tertiary/aromatic N) is 3. The average Bonchev–Trinajstić information content (AvgIpc) is 3.21. The molecular weight excluding hydrogens is 413 g/mol. The highest BCUT2D eigenvalue weighted by atomic mass is 127. The van der Waals surface area contributed by atoms with Crippen molar-refractivity contribution >= 4 is 41.0 Å². The smallest absolute Gasteiger partial charge is 0.191 e. The van der Waals surface area contributed by atoms with Crippen LogP contribution in [0, 0.1) is 0 Å². The van der Waals surface area contributed by atoms with Crippen LogP contribution in [0.4, 0.5) is 0 Å². The second kappa shape index (κ2) is 9.66. The van der Waals surface area contributed by atoms with Crippen LogP contribution < -0.4 is 10.6 Å². The van der Waals surface area contributed by atoms with Gasteiger partial charge in [-0.1, -0.05) is 24.3 Å². The van der Waals surface area contributed by atoms with Crippen molar-refractivity contribution in [2.75, 3.05) is 13.1 Å². The normalized spacial score (nSPS) is 14.8. The molecule has 0 atom stereocenters. The minimum atomic E-state index is 0. The molecule has 3 rings (SSSR count). The number of benzene rings is 1. The highest BCUT2D eigenvalue weighted by molar-refractivity contribution is 14.0.